The van der Waals surface area contributed by atoms with Gasteiger partial charge in [0.05, 0.1) is 41.5 Å². The second kappa shape index (κ2) is 11.6. The van der Waals surface area contributed by atoms with Gasteiger partial charge in [-0.3, -0.25) is 0 Å². The minimum Gasteiger partial charge on any atom is -0.495 e. The van der Waals surface area contributed by atoms with Crippen LogP contribution in [0.4, 0.5) is 28.9 Å². The molecule has 1 saturated heterocycles. The highest BCUT2D eigenvalue weighted by Gasteiger charge is 2.34. The molecule has 0 spiro atoms. The van der Waals surface area contributed by atoms with Crippen molar-refractivity contribution in [2.24, 2.45) is 5.14 Å². The first-order valence-corrected chi connectivity index (χ1v) is 14.1. The van der Waals surface area contributed by atoms with Crippen LogP contribution in [-0.4, -0.2) is 69.6 Å². The Morgan fingerprint density at radius 1 is 1.18 bits per heavy atom. The van der Waals surface area contributed by atoms with E-state index in [2.05, 4.69) is 22.5 Å². The normalized spacial score (nSPS) is 20.1. The maximum atomic E-state index is 15.0. The molecule has 216 valence electrons. The van der Waals surface area contributed by atoms with E-state index >= 15 is 4.39 Å². The molecule has 2 heterocycles. The molecule has 0 aliphatic carbocycles. The van der Waals surface area contributed by atoms with Crippen molar-refractivity contribution in [2.75, 3.05) is 37.9 Å². The first-order valence-electron chi connectivity index (χ1n) is 12.5. The molecule has 13 heteroatoms. The summed E-state index contributed by atoms with van der Waals surface area (Å²) in [7, 11) is -0.705. The molecule has 2 aromatic carbocycles. The second-order valence-corrected chi connectivity index (χ2v) is 11.3. The maximum absolute atomic E-state index is 15.0. The summed E-state index contributed by atoms with van der Waals surface area (Å²) in [6.07, 6.45) is -5.08. The lowest BCUT2D eigenvalue weighted by atomic mass is 9.96. The summed E-state index contributed by atoms with van der Waals surface area (Å²) in [6.45, 7) is 1.30. The van der Waals surface area contributed by atoms with Gasteiger partial charge in [0.1, 0.15) is 18.5 Å². The van der Waals surface area contributed by atoms with E-state index in [1.807, 2.05) is 18.9 Å². The van der Waals surface area contributed by atoms with Crippen LogP contribution in [0, 0.1) is 11.8 Å². The van der Waals surface area contributed by atoms with Crippen LogP contribution in [0.2, 0.25) is 0 Å². The zero-order valence-corrected chi connectivity index (χ0v) is 23.0. The molecule has 4 N–H and O–H groups in total. The van der Waals surface area contributed by atoms with Gasteiger partial charge in [-0.2, -0.15) is 13.2 Å². The number of sulfonamides is 1. The van der Waals surface area contributed by atoms with Crippen molar-refractivity contribution in [1.29, 1.82) is 0 Å². The van der Waals surface area contributed by atoms with E-state index in [4.69, 9.17) is 9.88 Å². The Kier molecular flexibility index (Phi) is 8.53. The Morgan fingerprint density at radius 3 is 2.60 bits per heavy atom. The van der Waals surface area contributed by atoms with E-state index in [-0.39, 0.29) is 28.9 Å². The van der Waals surface area contributed by atoms with Gasteiger partial charge in [-0.25, -0.2) is 17.9 Å². The third-order valence-corrected chi connectivity index (χ3v) is 7.95. The zero-order valence-electron chi connectivity index (χ0n) is 22.2. The van der Waals surface area contributed by atoms with Gasteiger partial charge in [0.15, 0.2) is 0 Å². The molecule has 1 unspecified atom stereocenters. The minimum absolute atomic E-state index is 0.0285. The third-order valence-electron chi connectivity index (χ3n) is 7.04. The quantitative estimate of drug-likeness (QED) is 0.286. The van der Waals surface area contributed by atoms with E-state index < -0.39 is 35.0 Å². The number of methoxy groups -OCH3 is 1. The molecule has 0 saturated carbocycles. The van der Waals surface area contributed by atoms with Crippen molar-refractivity contribution in [3.63, 3.8) is 0 Å². The molecule has 3 aromatic rings. The van der Waals surface area contributed by atoms with E-state index in [0.717, 1.165) is 4.57 Å². The fourth-order valence-electron chi connectivity index (χ4n) is 4.77. The summed E-state index contributed by atoms with van der Waals surface area (Å²) in [5, 5.41) is 11.9. The lowest BCUT2D eigenvalue weighted by Crippen LogP contribution is -2.52. The number of alkyl halides is 4. The van der Waals surface area contributed by atoms with Crippen LogP contribution >= 0.6 is 0 Å². The van der Waals surface area contributed by atoms with Gasteiger partial charge in [0, 0.05) is 29.7 Å². The Labute approximate surface area is 230 Å². The predicted molar refractivity (Wildman–Crippen MR) is 147 cm³/mol. The SMILES string of the molecule is COc1cc(S(N)(=O)=O)ccc1NCC#Cc1cc2c(NC3CCN(C)[C@@H](C)[C@@H]3F)cccc2n1CC(F)(F)F. The lowest BCUT2D eigenvalue weighted by molar-refractivity contribution is -0.140. The number of aromatic nitrogens is 1. The first-order chi connectivity index (χ1) is 18.8. The topological polar surface area (TPSA) is 102 Å². The zero-order chi connectivity index (χ0) is 29.2. The van der Waals surface area contributed by atoms with Crippen LogP contribution in [0.1, 0.15) is 19.0 Å². The van der Waals surface area contributed by atoms with Gasteiger partial charge in [-0.1, -0.05) is 12.0 Å². The molecule has 40 heavy (non-hydrogen) atoms. The second-order valence-electron chi connectivity index (χ2n) is 9.74. The highest BCUT2D eigenvalue weighted by molar-refractivity contribution is 7.89. The average Bonchev–Trinajstić information content (AvgIpc) is 3.22. The van der Waals surface area contributed by atoms with E-state index in [1.54, 1.807) is 24.3 Å². The number of benzene rings is 2. The van der Waals surface area contributed by atoms with E-state index in [1.165, 1.54) is 25.3 Å². The summed E-state index contributed by atoms with van der Waals surface area (Å²) in [6, 6.07) is 9.78. The summed E-state index contributed by atoms with van der Waals surface area (Å²) >= 11 is 0. The monoisotopic (exact) mass is 581 g/mol. The first kappa shape index (κ1) is 29.5. The number of hydrogen-bond acceptors (Lipinski definition) is 6. The van der Waals surface area contributed by atoms with Crippen molar-refractivity contribution in [3.05, 3.63) is 48.2 Å². The number of likely N-dealkylation sites (tertiary alicyclic amines) is 1. The Bertz CT molecular complexity index is 1550. The van der Waals surface area contributed by atoms with Crippen molar-refractivity contribution in [2.45, 2.75) is 49.2 Å². The molecule has 1 aliphatic heterocycles. The third kappa shape index (κ3) is 6.63. The van der Waals surface area contributed by atoms with Crippen molar-refractivity contribution >= 4 is 32.3 Å². The lowest BCUT2D eigenvalue weighted by Gasteiger charge is -2.38. The highest BCUT2D eigenvalue weighted by atomic mass is 32.2. The van der Waals surface area contributed by atoms with Crippen LogP contribution in [0.15, 0.2) is 47.4 Å². The van der Waals surface area contributed by atoms with Crippen molar-refractivity contribution in [3.8, 4) is 17.6 Å². The highest BCUT2D eigenvalue weighted by Crippen LogP contribution is 2.32. The average molecular weight is 582 g/mol. The predicted octanol–water partition coefficient (Wildman–Crippen LogP) is 4.17. The van der Waals surface area contributed by atoms with Crippen LogP contribution in [0.25, 0.3) is 10.9 Å². The molecule has 1 aliphatic rings. The number of anilines is 2. The number of ether oxygens (including phenoxy) is 1. The summed E-state index contributed by atoms with van der Waals surface area (Å²) < 4.78 is 85.1. The Balaban J connectivity index is 1.61. The van der Waals surface area contributed by atoms with Gasteiger partial charge in [0.2, 0.25) is 10.0 Å². The Hall–Kier alpha value is -3.47. The number of nitrogens with one attached hydrogen (secondary N) is 2. The maximum Gasteiger partial charge on any atom is 0.406 e. The van der Waals surface area contributed by atoms with Crippen molar-refractivity contribution in [1.82, 2.24) is 9.47 Å². The fourth-order valence-corrected chi connectivity index (χ4v) is 5.30. The number of hydrogen-bond donors (Lipinski definition) is 3. The Morgan fingerprint density at radius 2 is 1.93 bits per heavy atom. The number of primary sulfonamides is 1. The number of rotatable bonds is 7. The molecule has 0 amide bonds. The fraction of sp³-hybridized carbons (Fsp3) is 0.407. The van der Waals surface area contributed by atoms with E-state index in [9.17, 15) is 21.6 Å². The number of piperidine rings is 1. The number of halogens is 4. The van der Waals surface area contributed by atoms with Gasteiger partial charge >= 0.3 is 6.18 Å². The van der Waals surface area contributed by atoms with Crippen LogP contribution in [0.3, 0.4) is 0 Å². The van der Waals surface area contributed by atoms with Gasteiger partial charge in [-0.15, -0.1) is 0 Å². The molecular formula is C27H31F4N5O3S. The molecular weight excluding hydrogens is 550 g/mol. The largest absolute Gasteiger partial charge is 0.495 e. The number of nitrogens with zero attached hydrogens (tertiary/aromatic N) is 2. The summed E-state index contributed by atoms with van der Waals surface area (Å²) in [4.78, 5) is 1.81. The number of nitrogens with two attached hydrogens (primary N) is 1. The van der Waals surface area contributed by atoms with Gasteiger partial charge < -0.3 is 24.8 Å². The molecule has 4 rings (SSSR count). The molecule has 0 bridgehead atoms. The van der Waals surface area contributed by atoms with Crippen LogP contribution in [0.5, 0.6) is 5.75 Å². The van der Waals surface area contributed by atoms with Gasteiger partial charge in [-0.05, 0) is 56.6 Å². The van der Waals surface area contributed by atoms with Crippen LogP contribution in [-0.2, 0) is 16.6 Å². The number of fused-ring (bicyclic) bond motifs is 1. The molecule has 3 atom stereocenters. The standard InChI is InChI=1S/C27H31F4N5O3S/c1-17-26(28)23(11-13-35(17)2)34-21-7-4-8-24-20(21)14-18(36(24)16-27(29,30)31)6-5-12-33-22-10-9-19(40(32,37)38)15-25(22)39-3/h4,7-10,14-15,17,23,26,33-34H,11-13,16H2,1-3H3,(H2,32,37,38)/t17-,23?,26-/m0/s1. The minimum atomic E-state index is -4.49. The molecule has 1 aromatic heterocycles. The molecule has 8 nitrogen and oxygen atoms in total. The van der Waals surface area contributed by atoms with E-state index in [0.29, 0.717) is 35.2 Å². The van der Waals surface area contributed by atoms with Gasteiger partial charge in [0.25, 0.3) is 0 Å². The molecule has 1 fully saturated rings. The van der Waals surface area contributed by atoms with Crippen LogP contribution < -0.4 is 20.5 Å². The smallest absolute Gasteiger partial charge is 0.406 e. The summed E-state index contributed by atoms with van der Waals surface area (Å²) in [5.74, 6) is 5.84. The van der Waals surface area contributed by atoms with Crippen molar-refractivity contribution < 1.29 is 30.7 Å². The summed E-state index contributed by atoms with van der Waals surface area (Å²) in [5.41, 5.74) is 1.45. The molecule has 0 radical (unpaired) electrons.